The molecule has 3 fully saturated rings. The number of rotatable bonds is 4. The van der Waals surface area contributed by atoms with Crippen LogP contribution in [0.3, 0.4) is 0 Å². The van der Waals surface area contributed by atoms with Gasteiger partial charge in [-0.25, -0.2) is 0 Å². The Balaban J connectivity index is 1.29. The fourth-order valence-corrected chi connectivity index (χ4v) is 8.89. The molecule has 2 aliphatic heterocycles. The maximum atomic E-state index is 14.6. The second kappa shape index (κ2) is 10.6. The van der Waals surface area contributed by atoms with Crippen molar-refractivity contribution in [2.45, 2.75) is 100 Å². The molecule has 2 amide bonds. The average molecular weight is 623 g/mol. The molecule has 226 valence electrons. The topological polar surface area (TPSA) is 109 Å². The fourth-order valence-electron chi connectivity index (χ4n) is 8.52. The van der Waals surface area contributed by atoms with Gasteiger partial charge in [-0.2, -0.15) is 0 Å². The second-order valence-corrected chi connectivity index (χ2v) is 14.6. The lowest BCUT2D eigenvalue weighted by molar-refractivity contribution is -0.125. The van der Waals surface area contributed by atoms with Crippen LogP contribution in [0.15, 0.2) is 53.3 Å². The first-order chi connectivity index (χ1) is 20.6. The Labute approximate surface area is 261 Å². The maximum absolute atomic E-state index is 14.6. The average Bonchev–Trinajstić information content (AvgIpc) is 3.68. The number of hydrogen-bond acceptors (Lipinski definition) is 6. The van der Waals surface area contributed by atoms with Gasteiger partial charge in [0.15, 0.2) is 0 Å². The predicted octanol–water partition coefficient (Wildman–Crippen LogP) is 6.50. The Morgan fingerprint density at radius 3 is 2.44 bits per heavy atom. The summed E-state index contributed by atoms with van der Waals surface area (Å²) in [4.78, 5) is 29.1. The first kappa shape index (κ1) is 28.8. The Morgan fingerprint density at radius 1 is 1.00 bits per heavy atom. The van der Waals surface area contributed by atoms with Crippen LogP contribution in [0, 0.1) is 5.41 Å². The molecule has 2 saturated carbocycles. The summed E-state index contributed by atoms with van der Waals surface area (Å²) in [5, 5.41) is 19.5. The molecule has 8 nitrogen and oxygen atoms in total. The first-order valence-electron chi connectivity index (χ1n) is 15.3. The van der Waals surface area contributed by atoms with Crippen LogP contribution >= 0.6 is 23.2 Å². The van der Waals surface area contributed by atoms with Crippen molar-refractivity contribution in [1.29, 1.82) is 0 Å². The van der Waals surface area contributed by atoms with Gasteiger partial charge in [0.25, 0.3) is 0 Å². The summed E-state index contributed by atoms with van der Waals surface area (Å²) in [7, 11) is 0. The monoisotopic (exact) mass is 621 g/mol. The number of benzene rings is 2. The smallest absolute Gasteiger partial charge is 0.238 e. The van der Waals surface area contributed by atoms with E-state index >= 15 is 0 Å². The van der Waals surface area contributed by atoms with Crippen molar-refractivity contribution in [3.63, 3.8) is 0 Å². The SMILES string of the molecule is CC1(C)CCC2(CC1)N[C@@H](C(=O)NC1CCC(c3nnco3)CC1)[C@H](c1cccc(Cl)c1)[C@]21C(=O)Nc2cc(Cl)ccc21. The zero-order chi connectivity index (χ0) is 30.0. The van der Waals surface area contributed by atoms with Gasteiger partial charge in [-0.1, -0.05) is 55.2 Å². The number of nitrogens with one attached hydrogen (secondary N) is 3. The summed E-state index contributed by atoms with van der Waals surface area (Å²) in [6.45, 7) is 4.57. The fraction of sp³-hybridized carbons (Fsp3) is 0.515. The predicted molar refractivity (Wildman–Crippen MR) is 165 cm³/mol. The van der Waals surface area contributed by atoms with Gasteiger partial charge >= 0.3 is 0 Å². The number of hydrogen-bond donors (Lipinski definition) is 3. The van der Waals surface area contributed by atoms with Crippen LogP contribution < -0.4 is 16.0 Å². The number of fused-ring (bicyclic) bond motifs is 3. The number of nitrogens with zero attached hydrogens (tertiary/aromatic N) is 2. The van der Waals surface area contributed by atoms with Crippen molar-refractivity contribution in [2.75, 3.05) is 5.32 Å². The minimum atomic E-state index is -1.02. The van der Waals surface area contributed by atoms with Crippen molar-refractivity contribution < 1.29 is 14.0 Å². The second-order valence-electron chi connectivity index (χ2n) is 13.7. The van der Waals surface area contributed by atoms with Crippen molar-refractivity contribution in [3.8, 4) is 0 Å². The van der Waals surface area contributed by atoms with Gasteiger partial charge in [-0.3, -0.25) is 14.9 Å². The van der Waals surface area contributed by atoms with Gasteiger partial charge < -0.3 is 15.1 Å². The molecular formula is C33H37Cl2N5O3. The van der Waals surface area contributed by atoms with Gasteiger partial charge in [0.05, 0.1) is 6.04 Å². The number of carbonyl (C=O) groups excluding carboxylic acids is 2. The van der Waals surface area contributed by atoms with Crippen molar-refractivity contribution in [3.05, 3.63) is 75.9 Å². The highest BCUT2D eigenvalue weighted by Gasteiger charge is 2.72. The molecule has 4 aliphatic rings. The first-order valence-corrected chi connectivity index (χ1v) is 16.1. The van der Waals surface area contributed by atoms with E-state index < -0.39 is 22.9 Å². The van der Waals surface area contributed by atoms with E-state index in [1.165, 1.54) is 6.39 Å². The molecule has 0 bridgehead atoms. The summed E-state index contributed by atoms with van der Waals surface area (Å²) < 4.78 is 5.44. The Kier molecular flexibility index (Phi) is 7.10. The van der Waals surface area contributed by atoms with Crippen LogP contribution in [-0.4, -0.2) is 39.6 Å². The van der Waals surface area contributed by atoms with Crippen LogP contribution in [0.25, 0.3) is 0 Å². The molecule has 1 aromatic heterocycles. The summed E-state index contributed by atoms with van der Waals surface area (Å²) in [6, 6.07) is 12.7. The molecule has 7 rings (SSSR count). The van der Waals surface area contributed by atoms with E-state index in [-0.39, 0.29) is 29.2 Å². The highest BCUT2D eigenvalue weighted by atomic mass is 35.5. The summed E-state index contributed by atoms with van der Waals surface area (Å²) >= 11 is 13.0. The highest BCUT2D eigenvalue weighted by Crippen LogP contribution is 2.63. The third-order valence-corrected chi connectivity index (χ3v) is 11.2. The maximum Gasteiger partial charge on any atom is 0.238 e. The van der Waals surface area contributed by atoms with Crippen LogP contribution in [0.5, 0.6) is 0 Å². The number of aromatic nitrogens is 2. The standard InChI is InChI=1S/C33H37Cl2N5O3/c1-31(2)12-14-32(15-13-31)33(24-11-8-22(35)17-25(24)38-30(33)42)26(20-4-3-5-21(34)16-20)27(39-32)28(41)37-23-9-6-19(7-10-23)29-40-36-18-43-29/h3-5,8,11,16-19,23,26-27,39H,6-7,9-10,12-15H2,1-2H3,(H,37,41)(H,38,42)/t19?,23?,26-,27+,33+/m0/s1. The molecule has 0 radical (unpaired) electrons. The van der Waals surface area contributed by atoms with E-state index in [4.69, 9.17) is 27.6 Å². The van der Waals surface area contributed by atoms with Crippen molar-refractivity contribution >= 4 is 40.7 Å². The number of amides is 2. The quantitative estimate of drug-likeness (QED) is 0.307. The van der Waals surface area contributed by atoms with Crippen LogP contribution in [0.2, 0.25) is 10.0 Å². The summed E-state index contributed by atoms with van der Waals surface area (Å²) in [6.07, 6.45) is 8.15. The molecule has 10 heteroatoms. The largest absolute Gasteiger partial charge is 0.428 e. The molecule has 43 heavy (non-hydrogen) atoms. The number of anilines is 1. The molecule has 3 atom stereocenters. The molecule has 3 N–H and O–H groups in total. The molecule has 1 saturated heterocycles. The van der Waals surface area contributed by atoms with E-state index in [2.05, 4.69) is 40.0 Å². The summed E-state index contributed by atoms with van der Waals surface area (Å²) in [5.41, 5.74) is 0.988. The van der Waals surface area contributed by atoms with Crippen molar-refractivity contribution in [1.82, 2.24) is 20.8 Å². The minimum absolute atomic E-state index is 0.0229. The van der Waals surface area contributed by atoms with Crippen LogP contribution in [0.4, 0.5) is 5.69 Å². The third-order valence-electron chi connectivity index (χ3n) is 10.7. The van der Waals surface area contributed by atoms with E-state index in [9.17, 15) is 9.59 Å². The normalized spacial score (nSPS) is 30.7. The van der Waals surface area contributed by atoms with Gasteiger partial charge in [0, 0.05) is 39.1 Å². The highest BCUT2D eigenvalue weighted by molar-refractivity contribution is 6.31. The molecular weight excluding hydrogens is 585 g/mol. The van der Waals surface area contributed by atoms with E-state index in [1.807, 2.05) is 42.5 Å². The molecule has 2 spiro atoms. The van der Waals surface area contributed by atoms with Gasteiger partial charge in [-0.15, -0.1) is 10.2 Å². The zero-order valence-electron chi connectivity index (χ0n) is 24.5. The van der Waals surface area contributed by atoms with Crippen LogP contribution in [-0.2, 0) is 15.0 Å². The Morgan fingerprint density at radius 2 is 1.74 bits per heavy atom. The zero-order valence-corrected chi connectivity index (χ0v) is 26.0. The summed E-state index contributed by atoms with van der Waals surface area (Å²) in [5.74, 6) is 0.227. The number of halogens is 2. The van der Waals surface area contributed by atoms with E-state index in [0.29, 0.717) is 15.9 Å². The molecule has 0 unspecified atom stereocenters. The molecule has 3 aromatic rings. The third kappa shape index (κ3) is 4.68. The minimum Gasteiger partial charge on any atom is -0.428 e. The van der Waals surface area contributed by atoms with Gasteiger partial charge in [-0.05, 0) is 92.2 Å². The Bertz CT molecular complexity index is 1540. The van der Waals surface area contributed by atoms with E-state index in [0.717, 1.165) is 68.2 Å². The molecule has 2 aliphatic carbocycles. The molecule has 2 aromatic carbocycles. The Hall–Kier alpha value is -2.94. The van der Waals surface area contributed by atoms with Gasteiger partial charge in [0.1, 0.15) is 5.41 Å². The van der Waals surface area contributed by atoms with Gasteiger partial charge in [0.2, 0.25) is 24.1 Å². The lowest BCUT2D eigenvalue weighted by Crippen LogP contribution is -2.61. The van der Waals surface area contributed by atoms with Crippen LogP contribution in [0.1, 0.15) is 94.1 Å². The lowest BCUT2D eigenvalue weighted by Gasteiger charge is -2.50. The van der Waals surface area contributed by atoms with Crippen molar-refractivity contribution in [2.24, 2.45) is 5.41 Å². The van der Waals surface area contributed by atoms with E-state index in [1.54, 1.807) is 0 Å². The molecule has 3 heterocycles. The lowest BCUT2D eigenvalue weighted by atomic mass is 9.53. The number of carbonyl (C=O) groups is 2.